The summed E-state index contributed by atoms with van der Waals surface area (Å²) >= 11 is 12.6. The summed E-state index contributed by atoms with van der Waals surface area (Å²) in [7, 11) is 0. The Labute approximate surface area is 150 Å². The van der Waals surface area contributed by atoms with Gasteiger partial charge in [-0.25, -0.2) is 0 Å². The van der Waals surface area contributed by atoms with Gasteiger partial charge in [-0.1, -0.05) is 59.8 Å². The minimum Gasteiger partial charge on any atom is -0.268 e. The first-order valence-corrected chi connectivity index (χ1v) is 8.67. The fraction of sp³-hybridized carbons (Fsp3) is 0.111. The number of halogens is 1. The van der Waals surface area contributed by atoms with Gasteiger partial charge in [0.25, 0.3) is 5.91 Å². The van der Waals surface area contributed by atoms with E-state index in [2.05, 4.69) is 0 Å². The van der Waals surface area contributed by atoms with Crippen molar-refractivity contribution in [3.8, 4) is 0 Å². The van der Waals surface area contributed by atoms with Crippen molar-refractivity contribution in [1.29, 1.82) is 0 Å². The van der Waals surface area contributed by atoms with Crippen molar-refractivity contribution < 1.29 is 4.79 Å². The summed E-state index contributed by atoms with van der Waals surface area (Å²) in [6.07, 6.45) is 1.85. The summed E-state index contributed by atoms with van der Waals surface area (Å²) in [6, 6.07) is 13.3. The minimum absolute atomic E-state index is 0.0800. The van der Waals surface area contributed by atoms with Crippen LogP contribution in [0.5, 0.6) is 0 Å². The highest BCUT2D eigenvalue weighted by Gasteiger charge is 2.34. The summed E-state index contributed by atoms with van der Waals surface area (Å²) in [5, 5.41) is 0.671. The Kier molecular flexibility index (Phi) is 4.57. The van der Waals surface area contributed by atoms with Gasteiger partial charge in [-0.05, 0) is 54.8 Å². The molecule has 1 amide bonds. The molecule has 0 unspecified atom stereocenters. The SMILES string of the molecule is Cc1cccc(N2C(=O)C(=Cc3ccc(Cl)cc3)SC2=S)c1C. The normalized spacial score (nSPS) is 16.5. The second-order valence-electron chi connectivity index (χ2n) is 5.29. The molecule has 0 saturated carbocycles. The highest BCUT2D eigenvalue weighted by molar-refractivity contribution is 8.27. The quantitative estimate of drug-likeness (QED) is 0.531. The number of hydrogen-bond donors (Lipinski definition) is 0. The zero-order valence-corrected chi connectivity index (χ0v) is 15.1. The second-order valence-corrected chi connectivity index (χ2v) is 7.40. The minimum atomic E-state index is -0.0800. The van der Waals surface area contributed by atoms with E-state index >= 15 is 0 Å². The largest absolute Gasteiger partial charge is 0.270 e. The molecule has 23 heavy (non-hydrogen) atoms. The molecule has 3 rings (SSSR count). The molecule has 0 radical (unpaired) electrons. The molecule has 0 aromatic heterocycles. The molecule has 0 spiro atoms. The number of thiocarbonyl (C=S) groups is 1. The Morgan fingerprint density at radius 1 is 1.13 bits per heavy atom. The third-order valence-corrected chi connectivity index (χ3v) is 5.33. The summed E-state index contributed by atoms with van der Waals surface area (Å²) in [5.41, 5.74) is 3.98. The highest BCUT2D eigenvalue weighted by Crippen LogP contribution is 2.37. The molecule has 1 heterocycles. The van der Waals surface area contributed by atoms with E-state index in [1.54, 1.807) is 17.0 Å². The van der Waals surface area contributed by atoms with Gasteiger partial charge in [0.2, 0.25) is 0 Å². The van der Waals surface area contributed by atoms with Gasteiger partial charge in [-0.2, -0.15) is 0 Å². The Morgan fingerprint density at radius 2 is 1.83 bits per heavy atom. The van der Waals surface area contributed by atoms with Crippen LogP contribution in [0, 0.1) is 13.8 Å². The summed E-state index contributed by atoms with van der Waals surface area (Å²) in [4.78, 5) is 15.0. The smallest absolute Gasteiger partial charge is 0.268 e. The standard InChI is InChI=1S/C18H14ClNOS2/c1-11-4-3-5-15(12(11)2)20-17(21)16(23-18(20)22)10-13-6-8-14(19)9-7-13/h3-10H,1-2H3. The summed E-state index contributed by atoms with van der Waals surface area (Å²) in [6.45, 7) is 4.03. The molecule has 1 saturated heterocycles. The van der Waals surface area contributed by atoms with Crippen LogP contribution in [-0.2, 0) is 4.79 Å². The van der Waals surface area contributed by atoms with E-state index in [4.69, 9.17) is 23.8 Å². The van der Waals surface area contributed by atoms with Crippen LogP contribution in [-0.4, -0.2) is 10.2 Å². The van der Waals surface area contributed by atoms with Crippen LogP contribution in [0.4, 0.5) is 5.69 Å². The zero-order valence-electron chi connectivity index (χ0n) is 12.7. The van der Waals surface area contributed by atoms with E-state index in [1.165, 1.54) is 11.8 Å². The molecule has 5 heteroatoms. The number of carbonyl (C=O) groups is 1. The number of anilines is 1. The fourth-order valence-corrected chi connectivity index (χ4v) is 3.77. The molecular formula is C18H14ClNOS2. The molecule has 0 bridgehead atoms. The van der Waals surface area contributed by atoms with E-state index in [0.29, 0.717) is 14.2 Å². The predicted octanol–water partition coefficient (Wildman–Crippen LogP) is 5.36. The van der Waals surface area contributed by atoms with E-state index in [0.717, 1.165) is 22.4 Å². The third kappa shape index (κ3) is 3.20. The lowest BCUT2D eigenvalue weighted by atomic mass is 10.1. The topological polar surface area (TPSA) is 20.3 Å². The Balaban J connectivity index is 1.97. The van der Waals surface area contributed by atoms with Crippen LogP contribution in [0.1, 0.15) is 16.7 Å². The average molecular weight is 360 g/mol. The number of nitrogens with zero attached hydrogens (tertiary/aromatic N) is 1. The van der Waals surface area contributed by atoms with E-state index < -0.39 is 0 Å². The number of carbonyl (C=O) groups excluding carboxylic acids is 1. The number of aryl methyl sites for hydroxylation is 1. The van der Waals surface area contributed by atoms with Crippen LogP contribution < -0.4 is 4.90 Å². The van der Waals surface area contributed by atoms with Crippen molar-refractivity contribution in [3.63, 3.8) is 0 Å². The molecule has 1 fully saturated rings. The Morgan fingerprint density at radius 3 is 2.52 bits per heavy atom. The molecular weight excluding hydrogens is 346 g/mol. The van der Waals surface area contributed by atoms with E-state index in [-0.39, 0.29) is 5.91 Å². The molecule has 1 aliphatic heterocycles. The van der Waals surface area contributed by atoms with E-state index in [1.807, 2.05) is 50.3 Å². The number of benzene rings is 2. The maximum Gasteiger partial charge on any atom is 0.270 e. The van der Waals surface area contributed by atoms with Gasteiger partial charge in [-0.15, -0.1) is 0 Å². The number of hydrogen-bond acceptors (Lipinski definition) is 3. The Hall–Kier alpha value is -1.62. The molecule has 1 aliphatic rings. The van der Waals surface area contributed by atoms with E-state index in [9.17, 15) is 4.79 Å². The average Bonchev–Trinajstić information content (AvgIpc) is 2.79. The number of thioether (sulfide) groups is 1. The predicted molar refractivity (Wildman–Crippen MR) is 103 cm³/mol. The Bertz CT molecular complexity index is 827. The summed E-state index contributed by atoms with van der Waals surface area (Å²) < 4.78 is 0.559. The monoisotopic (exact) mass is 359 g/mol. The lowest BCUT2D eigenvalue weighted by Crippen LogP contribution is -2.28. The first-order valence-electron chi connectivity index (χ1n) is 7.07. The van der Waals surface area contributed by atoms with Crippen LogP contribution in [0.2, 0.25) is 5.02 Å². The van der Waals surface area contributed by atoms with Gasteiger partial charge >= 0.3 is 0 Å². The van der Waals surface area contributed by atoms with Gasteiger partial charge < -0.3 is 0 Å². The van der Waals surface area contributed by atoms with Gasteiger partial charge in [-0.3, -0.25) is 9.69 Å². The molecule has 0 aliphatic carbocycles. The fourth-order valence-electron chi connectivity index (χ4n) is 2.36. The van der Waals surface area contributed by atoms with Gasteiger partial charge in [0.1, 0.15) is 0 Å². The molecule has 2 aromatic rings. The highest BCUT2D eigenvalue weighted by atomic mass is 35.5. The first kappa shape index (κ1) is 16.2. The maximum absolute atomic E-state index is 12.8. The second kappa shape index (κ2) is 6.48. The maximum atomic E-state index is 12.8. The van der Waals surface area contributed by atoms with Crippen LogP contribution in [0.25, 0.3) is 6.08 Å². The van der Waals surface area contributed by atoms with Gasteiger partial charge in [0.05, 0.1) is 10.6 Å². The lowest BCUT2D eigenvalue weighted by molar-refractivity contribution is -0.113. The third-order valence-electron chi connectivity index (χ3n) is 3.78. The lowest BCUT2D eigenvalue weighted by Gasteiger charge is -2.18. The number of rotatable bonds is 2. The van der Waals surface area contributed by atoms with Gasteiger partial charge in [0.15, 0.2) is 4.32 Å². The van der Waals surface area contributed by atoms with Crippen molar-refractivity contribution in [2.24, 2.45) is 0 Å². The molecule has 2 aromatic carbocycles. The van der Waals surface area contributed by atoms with Crippen LogP contribution in [0.3, 0.4) is 0 Å². The summed E-state index contributed by atoms with van der Waals surface area (Å²) in [5.74, 6) is -0.0800. The molecule has 0 N–H and O–H groups in total. The van der Waals surface area contributed by atoms with Crippen LogP contribution >= 0.6 is 35.6 Å². The van der Waals surface area contributed by atoms with Gasteiger partial charge in [0, 0.05) is 5.02 Å². The van der Waals surface area contributed by atoms with Crippen molar-refractivity contribution in [1.82, 2.24) is 0 Å². The molecule has 2 nitrogen and oxygen atoms in total. The zero-order chi connectivity index (χ0) is 16.6. The van der Waals surface area contributed by atoms with Crippen LogP contribution in [0.15, 0.2) is 47.4 Å². The number of amides is 1. The van der Waals surface area contributed by atoms with Crippen molar-refractivity contribution in [3.05, 3.63) is 69.1 Å². The van der Waals surface area contributed by atoms with Crippen molar-refractivity contribution >= 4 is 57.6 Å². The molecule has 116 valence electrons. The van der Waals surface area contributed by atoms with Crippen molar-refractivity contribution in [2.75, 3.05) is 4.90 Å². The van der Waals surface area contributed by atoms with Crippen molar-refractivity contribution in [2.45, 2.75) is 13.8 Å². The molecule has 0 atom stereocenters. The first-order chi connectivity index (χ1) is 11.0.